The van der Waals surface area contributed by atoms with Crippen LogP contribution in [0.25, 0.3) is 0 Å². The van der Waals surface area contributed by atoms with Gasteiger partial charge in [0.25, 0.3) is 0 Å². The Morgan fingerprint density at radius 3 is 2.25 bits per heavy atom. The van der Waals surface area contributed by atoms with Crippen LogP contribution in [-0.4, -0.2) is 24.4 Å². The van der Waals surface area contributed by atoms with Crippen molar-refractivity contribution in [1.29, 1.82) is 0 Å². The SMILES string of the molecule is CCOC(=O)c1ccccc1NC(=O)C(=O)Nc1ccc(I)cc1. The molecule has 0 aromatic heterocycles. The summed E-state index contributed by atoms with van der Waals surface area (Å²) >= 11 is 2.14. The number of benzene rings is 2. The van der Waals surface area contributed by atoms with E-state index in [9.17, 15) is 14.4 Å². The predicted octanol–water partition coefficient (Wildman–Crippen LogP) is 3.05. The molecule has 0 aliphatic rings. The Bertz CT molecular complexity index is 759. The van der Waals surface area contributed by atoms with Crippen molar-refractivity contribution >= 4 is 51.7 Å². The van der Waals surface area contributed by atoms with E-state index in [2.05, 4.69) is 33.2 Å². The van der Waals surface area contributed by atoms with E-state index in [0.29, 0.717) is 5.69 Å². The lowest BCUT2D eigenvalue weighted by molar-refractivity contribution is -0.133. The van der Waals surface area contributed by atoms with E-state index in [4.69, 9.17) is 4.74 Å². The molecule has 0 heterocycles. The number of hydrogen-bond donors (Lipinski definition) is 2. The van der Waals surface area contributed by atoms with E-state index in [1.165, 1.54) is 12.1 Å². The molecule has 0 atom stereocenters. The topological polar surface area (TPSA) is 84.5 Å². The van der Waals surface area contributed by atoms with Crippen molar-refractivity contribution in [3.05, 3.63) is 57.7 Å². The first-order valence-electron chi connectivity index (χ1n) is 7.15. The summed E-state index contributed by atoms with van der Waals surface area (Å²) in [5.74, 6) is -2.26. The maximum Gasteiger partial charge on any atom is 0.340 e. The van der Waals surface area contributed by atoms with Crippen LogP contribution in [0.3, 0.4) is 0 Å². The van der Waals surface area contributed by atoms with Crippen LogP contribution in [-0.2, 0) is 14.3 Å². The van der Waals surface area contributed by atoms with Gasteiger partial charge in [0.05, 0.1) is 17.9 Å². The summed E-state index contributed by atoms with van der Waals surface area (Å²) in [6.45, 7) is 1.90. The summed E-state index contributed by atoms with van der Waals surface area (Å²) in [5.41, 5.74) is 0.919. The van der Waals surface area contributed by atoms with Crippen LogP contribution in [0.5, 0.6) is 0 Å². The van der Waals surface area contributed by atoms with Crippen LogP contribution < -0.4 is 10.6 Å². The smallest absolute Gasteiger partial charge is 0.340 e. The molecule has 0 bridgehead atoms. The average molecular weight is 438 g/mol. The molecule has 2 rings (SSSR count). The van der Waals surface area contributed by atoms with Gasteiger partial charge in [-0.3, -0.25) is 9.59 Å². The summed E-state index contributed by atoms with van der Waals surface area (Å²) in [7, 11) is 0. The number of rotatable bonds is 4. The number of para-hydroxylation sites is 1. The Kier molecular flexibility index (Phi) is 6.30. The lowest BCUT2D eigenvalue weighted by Crippen LogP contribution is -2.29. The second-order valence-corrected chi connectivity index (χ2v) is 5.93. The molecule has 6 nitrogen and oxygen atoms in total. The fourth-order valence-corrected chi connectivity index (χ4v) is 2.24. The Morgan fingerprint density at radius 2 is 1.58 bits per heavy atom. The van der Waals surface area contributed by atoms with Gasteiger partial charge in [0.2, 0.25) is 0 Å². The molecule has 124 valence electrons. The molecule has 0 fully saturated rings. The number of esters is 1. The van der Waals surface area contributed by atoms with Crippen LogP contribution in [0, 0.1) is 3.57 Å². The van der Waals surface area contributed by atoms with Gasteiger partial charge >= 0.3 is 17.8 Å². The highest BCUT2D eigenvalue weighted by Gasteiger charge is 2.18. The third-order valence-electron chi connectivity index (χ3n) is 2.98. The second kappa shape index (κ2) is 8.44. The summed E-state index contributed by atoms with van der Waals surface area (Å²) in [6, 6.07) is 13.4. The van der Waals surface area contributed by atoms with Crippen LogP contribution in [0.4, 0.5) is 11.4 Å². The van der Waals surface area contributed by atoms with Gasteiger partial charge in [-0.05, 0) is 65.9 Å². The number of ether oxygens (including phenoxy) is 1. The van der Waals surface area contributed by atoms with E-state index in [1.54, 1.807) is 31.2 Å². The molecule has 0 saturated heterocycles. The van der Waals surface area contributed by atoms with Crippen molar-refractivity contribution in [2.24, 2.45) is 0 Å². The third-order valence-corrected chi connectivity index (χ3v) is 3.70. The molecule has 7 heteroatoms. The van der Waals surface area contributed by atoms with E-state index < -0.39 is 17.8 Å². The summed E-state index contributed by atoms with van der Waals surface area (Å²) in [5, 5.41) is 4.92. The van der Waals surface area contributed by atoms with Gasteiger partial charge in [-0.2, -0.15) is 0 Å². The van der Waals surface area contributed by atoms with Crippen LogP contribution in [0.15, 0.2) is 48.5 Å². The van der Waals surface area contributed by atoms with Crippen molar-refractivity contribution in [2.75, 3.05) is 17.2 Å². The van der Waals surface area contributed by atoms with E-state index in [0.717, 1.165) is 3.57 Å². The first kappa shape index (κ1) is 17.9. The minimum atomic E-state index is -0.870. The van der Waals surface area contributed by atoms with Gasteiger partial charge in [0.1, 0.15) is 0 Å². The van der Waals surface area contributed by atoms with Crippen LogP contribution in [0.1, 0.15) is 17.3 Å². The predicted molar refractivity (Wildman–Crippen MR) is 98.8 cm³/mol. The summed E-state index contributed by atoms with van der Waals surface area (Å²) in [6.07, 6.45) is 0. The lowest BCUT2D eigenvalue weighted by atomic mass is 10.2. The standard InChI is InChI=1S/C17H15IN2O4/c1-2-24-17(23)13-5-3-4-6-14(13)20-16(22)15(21)19-12-9-7-11(18)8-10-12/h3-10H,2H2,1H3,(H,19,21)(H,20,22). The molecule has 0 aliphatic carbocycles. The molecule has 2 aromatic rings. The third kappa shape index (κ3) is 4.79. The molecule has 0 saturated carbocycles. The molecular weight excluding hydrogens is 423 g/mol. The fourth-order valence-electron chi connectivity index (χ4n) is 1.88. The number of hydrogen-bond acceptors (Lipinski definition) is 4. The maximum atomic E-state index is 12.0. The molecule has 0 unspecified atom stereocenters. The second-order valence-electron chi connectivity index (χ2n) is 4.68. The Morgan fingerprint density at radius 1 is 0.958 bits per heavy atom. The number of carbonyl (C=O) groups excluding carboxylic acids is 3. The highest BCUT2D eigenvalue weighted by Crippen LogP contribution is 2.16. The Hall–Kier alpha value is -2.42. The van der Waals surface area contributed by atoms with Gasteiger partial charge < -0.3 is 15.4 Å². The number of nitrogens with one attached hydrogen (secondary N) is 2. The van der Waals surface area contributed by atoms with Gasteiger partial charge in [-0.15, -0.1) is 0 Å². The average Bonchev–Trinajstić information content (AvgIpc) is 2.57. The highest BCUT2D eigenvalue weighted by molar-refractivity contribution is 14.1. The van der Waals surface area contributed by atoms with Crippen molar-refractivity contribution < 1.29 is 19.1 Å². The number of anilines is 2. The molecule has 2 N–H and O–H groups in total. The fraction of sp³-hybridized carbons (Fsp3) is 0.118. The number of amides is 2. The zero-order valence-corrected chi connectivity index (χ0v) is 15.0. The minimum absolute atomic E-state index is 0.190. The van der Waals surface area contributed by atoms with Gasteiger partial charge in [0, 0.05) is 9.26 Å². The zero-order valence-electron chi connectivity index (χ0n) is 12.8. The van der Waals surface area contributed by atoms with Crippen LogP contribution in [0.2, 0.25) is 0 Å². The molecule has 0 aliphatic heterocycles. The van der Waals surface area contributed by atoms with Gasteiger partial charge in [-0.25, -0.2) is 4.79 Å². The maximum absolute atomic E-state index is 12.0. The minimum Gasteiger partial charge on any atom is -0.462 e. The molecular formula is C17H15IN2O4. The largest absolute Gasteiger partial charge is 0.462 e. The van der Waals surface area contributed by atoms with E-state index >= 15 is 0 Å². The van der Waals surface area contributed by atoms with Crippen molar-refractivity contribution in [2.45, 2.75) is 6.92 Å². The molecule has 0 spiro atoms. The quantitative estimate of drug-likeness (QED) is 0.437. The van der Waals surface area contributed by atoms with Crippen molar-refractivity contribution in [1.82, 2.24) is 0 Å². The Labute approximate surface area is 152 Å². The molecule has 0 radical (unpaired) electrons. The van der Waals surface area contributed by atoms with E-state index in [-0.39, 0.29) is 17.9 Å². The van der Waals surface area contributed by atoms with Crippen LogP contribution >= 0.6 is 22.6 Å². The van der Waals surface area contributed by atoms with Crippen molar-refractivity contribution in [3.8, 4) is 0 Å². The van der Waals surface area contributed by atoms with Gasteiger partial charge in [-0.1, -0.05) is 12.1 Å². The van der Waals surface area contributed by atoms with Crippen molar-refractivity contribution in [3.63, 3.8) is 0 Å². The molecule has 24 heavy (non-hydrogen) atoms. The highest BCUT2D eigenvalue weighted by atomic mass is 127. The monoisotopic (exact) mass is 438 g/mol. The number of halogens is 1. The summed E-state index contributed by atoms with van der Waals surface area (Å²) in [4.78, 5) is 35.9. The molecule has 2 amide bonds. The molecule has 2 aromatic carbocycles. The first-order chi connectivity index (χ1) is 11.5. The van der Waals surface area contributed by atoms with E-state index in [1.807, 2.05) is 12.1 Å². The van der Waals surface area contributed by atoms with Gasteiger partial charge in [0.15, 0.2) is 0 Å². The lowest BCUT2D eigenvalue weighted by Gasteiger charge is -2.10. The summed E-state index contributed by atoms with van der Waals surface area (Å²) < 4.78 is 5.94. The Balaban J connectivity index is 2.07. The normalized spacial score (nSPS) is 9.92. The first-order valence-corrected chi connectivity index (χ1v) is 8.23. The number of carbonyl (C=O) groups is 3. The zero-order chi connectivity index (χ0) is 17.5.